The fraction of sp³-hybridized carbons (Fsp3) is 0.476. The molecular weight excluding hydrogens is 368 g/mol. The molecule has 0 bridgehead atoms. The number of para-hydroxylation sites is 2. The average Bonchev–Trinajstić information content (AvgIpc) is 3.20. The SMILES string of the molecule is C[C@H]1OCCN(c2cc(N3CCOCC3)nc(-n3cnc4ccccc43)n2)[C@H]1C. The van der Waals surface area contributed by atoms with E-state index in [1.807, 2.05) is 28.8 Å². The summed E-state index contributed by atoms with van der Waals surface area (Å²) in [6, 6.07) is 10.4. The maximum absolute atomic E-state index is 5.82. The van der Waals surface area contributed by atoms with E-state index >= 15 is 0 Å². The molecule has 2 aliphatic rings. The van der Waals surface area contributed by atoms with Crippen molar-refractivity contribution in [1.82, 2.24) is 19.5 Å². The van der Waals surface area contributed by atoms with Crippen molar-refractivity contribution in [2.45, 2.75) is 26.0 Å². The fourth-order valence-electron chi connectivity index (χ4n) is 3.99. The molecule has 29 heavy (non-hydrogen) atoms. The lowest BCUT2D eigenvalue weighted by molar-refractivity contribution is 0.0281. The van der Waals surface area contributed by atoms with Gasteiger partial charge in [-0.3, -0.25) is 4.57 Å². The van der Waals surface area contributed by atoms with E-state index in [4.69, 9.17) is 19.4 Å². The van der Waals surface area contributed by atoms with Crippen LogP contribution in [0.15, 0.2) is 36.7 Å². The Morgan fingerprint density at radius 1 is 0.966 bits per heavy atom. The van der Waals surface area contributed by atoms with Gasteiger partial charge in [0.1, 0.15) is 18.0 Å². The molecule has 0 spiro atoms. The first-order valence-electron chi connectivity index (χ1n) is 10.2. The quantitative estimate of drug-likeness (QED) is 0.675. The van der Waals surface area contributed by atoms with Crippen LogP contribution < -0.4 is 9.80 Å². The van der Waals surface area contributed by atoms with Crippen molar-refractivity contribution in [2.75, 3.05) is 49.3 Å². The van der Waals surface area contributed by atoms with Crippen LogP contribution >= 0.6 is 0 Å². The Labute approximate surface area is 170 Å². The lowest BCUT2D eigenvalue weighted by Gasteiger charge is -2.39. The maximum atomic E-state index is 5.82. The lowest BCUT2D eigenvalue weighted by Crippen LogP contribution is -2.49. The van der Waals surface area contributed by atoms with E-state index in [1.165, 1.54) is 0 Å². The van der Waals surface area contributed by atoms with E-state index in [1.54, 1.807) is 6.33 Å². The topological polar surface area (TPSA) is 68.5 Å². The number of imidazole rings is 1. The summed E-state index contributed by atoms with van der Waals surface area (Å²) in [5.74, 6) is 2.50. The second kappa shape index (κ2) is 7.61. The van der Waals surface area contributed by atoms with Gasteiger partial charge in [0.15, 0.2) is 0 Å². The van der Waals surface area contributed by atoms with Gasteiger partial charge in [0.05, 0.1) is 43.0 Å². The number of fused-ring (bicyclic) bond motifs is 1. The first-order valence-corrected chi connectivity index (χ1v) is 10.2. The molecular formula is C21H26N6O2. The van der Waals surface area contributed by atoms with Gasteiger partial charge in [-0.1, -0.05) is 12.1 Å². The predicted octanol–water partition coefficient (Wildman–Crippen LogP) is 2.27. The highest BCUT2D eigenvalue weighted by Crippen LogP contribution is 2.27. The van der Waals surface area contributed by atoms with Gasteiger partial charge in [-0.2, -0.15) is 9.97 Å². The Bertz CT molecular complexity index is 1000. The molecule has 0 radical (unpaired) electrons. The standard InChI is InChI=1S/C21H26N6O2/c1-15-16(2)29-12-9-26(15)20-13-19(25-7-10-28-11-8-25)23-21(24-20)27-14-22-17-5-3-4-6-18(17)27/h3-6,13-16H,7-12H2,1-2H3/t15-,16+/m0/s1. The van der Waals surface area contributed by atoms with Gasteiger partial charge in [0, 0.05) is 25.7 Å². The lowest BCUT2D eigenvalue weighted by atomic mass is 10.1. The minimum atomic E-state index is 0.156. The first kappa shape index (κ1) is 18.3. The molecule has 152 valence electrons. The van der Waals surface area contributed by atoms with Crippen LogP contribution in [0.3, 0.4) is 0 Å². The minimum absolute atomic E-state index is 0.156. The van der Waals surface area contributed by atoms with Crippen molar-refractivity contribution >= 4 is 22.7 Å². The molecule has 0 amide bonds. The summed E-state index contributed by atoms with van der Waals surface area (Å²) >= 11 is 0. The molecule has 1 aromatic carbocycles. The first-order chi connectivity index (χ1) is 14.2. The van der Waals surface area contributed by atoms with E-state index in [2.05, 4.69) is 34.7 Å². The maximum Gasteiger partial charge on any atom is 0.239 e. The molecule has 2 fully saturated rings. The number of anilines is 2. The molecule has 5 rings (SSSR count). The van der Waals surface area contributed by atoms with Gasteiger partial charge >= 0.3 is 0 Å². The third kappa shape index (κ3) is 3.42. The number of hydrogen-bond donors (Lipinski definition) is 0. The second-order valence-electron chi connectivity index (χ2n) is 7.60. The van der Waals surface area contributed by atoms with Gasteiger partial charge < -0.3 is 19.3 Å². The Balaban J connectivity index is 1.62. The van der Waals surface area contributed by atoms with Gasteiger partial charge in [-0.05, 0) is 26.0 Å². The summed E-state index contributed by atoms with van der Waals surface area (Å²) in [5, 5.41) is 0. The van der Waals surface area contributed by atoms with Crippen molar-refractivity contribution < 1.29 is 9.47 Å². The molecule has 2 aliphatic heterocycles. The van der Waals surface area contributed by atoms with Crippen molar-refractivity contribution in [1.29, 1.82) is 0 Å². The van der Waals surface area contributed by atoms with Gasteiger partial charge in [0.25, 0.3) is 0 Å². The summed E-state index contributed by atoms with van der Waals surface area (Å²) in [7, 11) is 0. The van der Waals surface area contributed by atoms with Gasteiger partial charge in [-0.15, -0.1) is 0 Å². The monoisotopic (exact) mass is 394 g/mol. The number of morpholine rings is 2. The Kier molecular flexibility index (Phi) is 4.81. The Morgan fingerprint density at radius 3 is 2.62 bits per heavy atom. The predicted molar refractivity (Wildman–Crippen MR) is 112 cm³/mol. The van der Waals surface area contributed by atoms with Gasteiger partial charge in [-0.25, -0.2) is 4.98 Å². The zero-order valence-electron chi connectivity index (χ0n) is 16.9. The summed E-state index contributed by atoms with van der Waals surface area (Å²) in [6.07, 6.45) is 1.96. The number of aromatic nitrogens is 4. The molecule has 4 heterocycles. The largest absolute Gasteiger partial charge is 0.378 e. The molecule has 0 aliphatic carbocycles. The number of benzene rings is 1. The van der Waals surface area contributed by atoms with Crippen molar-refractivity contribution in [3.63, 3.8) is 0 Å². The molecule has 0 saturated carbocycles. The normalized spacial score (nSPS) is 23.0. The van der Waals surface area contributed by atoms with Crippen molar-refractivity contribution in [3.8, 4) is 5.95 Å². The zero-order valence-corrected chi connectivity index (χ0v) is 16.9. The van der Waals surface area contributed by atoms with Crippen LogP contribution in [0.5, 0.6) is 0 Å². The highest BCUT2D eigenvalue weighted by atomic mass is 16.5. The van der Waals surface area contributed by atoms with E-state index in [0.717, 1.165) is 42.3 Å². The molecule has 0 unspecified atom stereocenters. The molecule has 2 saturated heterocycles. The van der Waals surface area contributed by atoms with Gasteiger partial charge in [0.2, 0.25) is 5.95 Å². The minimum Gasteiger partial charge on any atom is -0.378 e. The molecule has 8 heteroatoms. The number of ether oxygens (including phenoxy) is 2. The number of rotatable bonds is 3. The molecule has 2 aromatic heterocycles. The van der Waals surface area contributed by atoms with E-state index < -0.39 is 0 Å². The van der Waals surface area contributed by atoms with E-state index in [0.29, 0.717) is 25.8 Å². The summed E-state index contributed by atoms with van der Waals surface area (Å²) in [6.45, 7) is 8.91. The molecule has 0 N–H and O–H groups in total. The number of hydrogen-bond acceptors (Lipinski definition) is 7. The highest BCUT2D eigenvalue weighted by molar-refractivity contribution is 5.76. The molecule has 3 aromatic rings. The van der Waals surface area contributed by atoms with Crippen LogP contribution in [-0.4, -0.2) is 71.1 Å². The fourth-order valence-corrected chi connectivity index (χ4v) is 3.99. The number of nitrogens with zero attached hydrogens (tertiary/aromatic N) is 6. The Hall–Kier alpha value is -2.71. The van der Waals surface area contributed by atoms with E-state index in [-0.39, 0.29) is 12.1 Å². The van der Waals surface area contributed by atoms with Crippen LogP contribution in [0, 0.1) is 0 Å². The highest BCUT2D eigenvalue weighted by Gasteiger charge is 2.28. The van der Waals surface area contributed by atoms with Crippen LogP contribution in [-0.2, 0) is 9.47 Å². The van der Waals surface area contributed by atoms with Crippen molar-refractivity contribution in [3.05, 3.63) is 36.7 Å². The van der Waals surface area contributed by atoms with Crippen LogP contribution in [0.4, 0.5) is 11.6 Å². The van der Waals surface area contributed by atoms with Crippen LogP contribution in [0.25, 0.3) is 17.0 Å². The van der Waals surface area contributed by atoms with E-state index in [9.17, 15) is 0 Å². The average molecular weight is 394 g/mol. The second-order valence-corrected chi connectivity index (χ2v) is 7.60. The third-order valence-electron chi connectivity index (χ3n) is 5.87. The molecule has 2 atom stereocenters. The van der Waals surface area contributed by atoms with Crippen LogP contribution in [0.2, 0.25) is 0 Å². The smallest absolute Gasteiger partial charge is 0.239 e. The molecule has 8 nitrogen and oxygen atoms in total. The summed E-state index contributed by atoms with van der Waals surface area (Å²) in [5.41, 5.74) is 1.93. The summed E-state index contributed by atoms with van der Waals surface area (Å²) in [4.78, 5) is 19.0. The van der Waals surface area contributed by atoms with Crippen molar-refractivity contribution in [2.24, 2.45) is 0 Å². The third-order valence-corrected chi connectivity index (χ3v) is 5.87. The van der Waals surface area contributed by atoms with Crippen LogP contribution in [0.1, 0.15) is 13.8 Å². The zero-order chi connectivity index (χ0) is 19.8. The Morgan fingerprint density at radius 2 is 1.76 bits per heavy atom. The summed E-state index contributed by atoms with van der Waals surface area (Å²) < 4.78 is 13.3.